The van der Waals surface area contributed by atoms with Crippen LogP contribution in [0.25, 0.3) is 0 Å². The maximum Gasteiger partial charge on any atom is 0.472 e. The van der Waals surface area contributed by atoms with Crippen LogP contribution in [0.3, 0.4) is 0 Å². The molecule has 0 spiro atoms. The van der Waals surface area contributed by atoms with Gasteiger partial charge in [-0.1, -0.05) is 247 Å². The Kier molecular flexibility index (Phi) is 55.9. The second-order valence-electron chi connectivity index (χ2n) is 22.9. The van der Waals surface area contributed by atoms with Crippen molar-refractivity contribution in [2.45, 2.75) is 290 Å². The predicted molar refractivity (Wildman–Crippen MR) is 341 cm³/mol. The molecule has 0 saturated heterocycles. The summed E-state index contributed by atoms with van der Waals surface area (Å²) in [6.07, 6.45) is 78.4. The molecule has 0 aliphatic rings. The number of nitrogens with one attached hydrogen (secondary N) is 1. The molecule has 2 N–H and O–H groups in total. The summed E-state index contributed by atoms with van der Waals surface area (Å²) >= 11 is 0. The summed E-state index contributed by atoms with van der Waals surface area (Å²) in [5, 5.41) is 3.04. The number of phosphoric ester groups is 1. The van der Waals surface area contributed by atoms with E-state index in [0.29, 0.717) is 23.9 Å². The number of quaternary nitrogens is 1. The third-order valence-corrected chi connectivity index (χ3v) is 15.0. The van der Waals surface area contributed by atoms with E-state index in [1.807, 2.05) is 33.3 Å². The van der Waals surface area contributed by atoms with Crippen molar-refractivity contribution in [2.75, 3.05) is 40.9 Å². The molecule has 1 amide bonds. The number of phosphoric acid groups is 1. The van der Waals surface area contributed by atoms with Crippen LogP contribution in [0.1, 0.15) is 278 Å². The summed E-state index contributed by atoms with van der Waals surface area (Å²) in [6, 6.07) is -0.872. The van der Waals surface area contributed by atoms with Gasteiger partial charge in [-0.15, -0.1) is 0 Å². The molecule has 0 saturated carbocycles. The highest BCUT2D eigenvalue weighted by Gasteiger charge is 2.30. The molecule has 3 unspecified atom stereocenters. The topological polar surface area (TPSA) is 111 Å². The third kappa shape index (κ3) is 59.4. The van der Waals surface area contributed by atoms with E-state index in [1.165, 1.54) is 141 Å². The lowest BCUT2D eigenvalue weighted by molar-refractivity contribution is -0.870. The quantitative estimate of drug-likeness (QED) is 0.0205. The fourth-order valence-corrected chi connectivity index (χ4v) is 9.67. The zero-order chi connectivity index (χ0) is 57.9. The Morgan fingerprint density at radius 2 is 0.772 bits per heavy atom. The van der Waals surface area contributed by atoms with Crippen molar-refractivity contribution in [2.24, 2.45) is 0 Å². The van der Waals surface area contributed by atoms with Gasteiger partial charge in [-0.25, -0.2) is 4.57 Å². The Labute approximate surface area is 488 Å². The molecule has 3 atom stereocenters. The third-order valence-electron chi connectivity index (χ3n) is 14.0. The van der Waals surface area contributed by atoms with Crippen LogP contribution in [0.5, 0.6) is 0 Å². The Hall–Kier alpha value is -3.07. The Morgan fingerprint density at radius 3 is 1.19 bits per heavy atom. The number of nitrogens with zero attached hydrogens (tertiary/aromatic N) is 1. The van der Waals surface area contributed by atoms with E-state index in [1.54, 1.807) is 0 Å². The summed E-state index contributed by atoms with van der Waals surface area (Å²) < 4.78 is 30.7. The number of unbranched alkanes of at least 4 members (excludes halogenated alkanes) is 28. The molecule has 0 radical (unpaired) electrons. The molecular formula is C69H124N2O7P+. The highest BCUT2D eigenvalue weighted by molar-refractivity contribution is 7.47. The first-order chi connectivity index (χ1) is 38.4. The van der Waals surface area contributed by atoms with Gasteiger partial charge < -0.3 is 19.4 Å². The largest absolute Gasteiger partial charge is 0.472 e. The van der Waals surface area contributed by atoms with Crippen LogP contribution in [-0.2, 0) is 27.9 Å². The number of carbonyl (C=O) groups excluding carboxylic acids is 2. The Balaban J connectivity index is 5.21. The molecule has 0 bridgehead atoms. The number of carbonyl (C=O) groups is 2. The molecule has 79 heavy (non-hydrogen) atoms. The van der Waals surface area contributed by atoms with Crippen molar-refractivity contribution in [1.29, 1.82) is 0 Å². The summed E-state index contributed by atoms with van der Waals surface area (Å²) in [4.78, 5) is 37.7. The summed E-state index contributed by atoms with van der Waals surface area (Å²) in [5.41, 5.74) is 0. The van der Waals surface area contributed by atoms with E-state index in [-0.39, 0.29) is 31.5 Å². The van der Waals surface area contributed by atoms with E-state index in [4.69, 9.17) is 13.8 Å². The molecule has 0 aromatic heterocycles. The second-order valence-corrected chi connectivity index (χ2v) is 24.4. The Morgan fingerprint density at radius 1 is 0.443 bits per heavy atom. The van der Waals surface area contributed by atoms with Gasteiger partial charge in [0.2, 0.25) is 5.91 Å². The standard InChI is InChI=1S/C69H123N2O7P/c1-7-10-13-16-19-22-25-27-29-31-33-34-35-36-38-40-42-44-47-50-53-56-59-62-69(73)78-67(60-57-54-51-48-45-24-21-18-15-12-9-3)66(65-77-79(74,75)76-64-63-71(4,5)6)70-68(72)61-58-55-52-49-46-43-41-39-37-32-30-28-26-23-20-17-14-11-8-2/h19-20,22-23,27-30,33-34,37,39,43,46,57,60,66-67H,7-18,21,24-26,31-32,35-36,38,40-42,44-45,47-56,58-59,61-65H2,1-6H3,(H-,70,72,74,75)/p+1/b22-19-,23-20-,29-27-,30-28-,34-33-,39-37-,46-43-,60-57+. The molecule has 9 nitrogen and oxygen atoms in total. The van der Waals surface area contributed by atoms with Gasteiger partial charge in [0, 0.05) is 12.8 Å². The fourth-order valence-electron chi connectivity index (χ4n) is 8.93. The van der Waals surface area contributed by atoms with Gasteiger partial charge in [-0.05, 0) is 115 Å². The van der Waals surface area contributed by atoms with Crippen LogP contribution in [0, 0.1) is 0 Å². The zero-order valence-corrected chi connectivity index (χ0v) is 53.0. The van der Waals surface area contributed by atoms with Crippen molar-refractivity contribution in [3.63, 3.8) is 0 Å². The predicted octanol–water partition coefficient (Wildman–Crippen LogP) is 20.3. The van der Waals surface area contributed by atoms with Crippen molar-refractivity contribution >= 4 is 19.7 Å². The fraction of sp³-hybridized carbons (Fsp3) is 0.739. The minimum absolute atomic E-state index is 0.0290. The molecule has 0 aliphatic heterocycles. The van der Waals surface area contributed by atoms with Gasteiger partial charge in [-0.3, -0.25) is 18.6 Å². The monoisotopic (exact) mass is 1120 g/mol. The average molecular weight is 1120 g/mol. The van der Waals surface area contributed by atoms with E-state index in [2.05, 4.69) is 111 Å². The number of ether oxygens (including phenoxy) is 1. The lowest BCUT2D eigenvalue weighted by Crippen LogP contribution is -2.47. The van der Waals surface area contributed by atoms with Crippen molar-refractivity contribution in [1.82, 2.24) is 5.32 Å². The van der Waals surface area contributed by atoms with Crippen LogP contribution in [0.15, 0.2) is 97.2 Å². The van der Waals surface area contributed by atoms with Gasteiger partial charge in [0.05, 0.1) is 33.8 Å². The maximum absolute atomic E-state index is 13.5. The molecule has 0 rings (SSSR count). The van der Waals surface area contributed by atoms with Crippen LogP contribution >= 0.6 is 7.82 Å². The lowest BCUT2D eigenvalue weighted by atomic mass is 10.0. The number of hydrogen-bond donors (Lipinski definition) is 2. The highest BCUT2D eigenvalue weighted by Crippen LogP contribution is 2.43. The summed E-state index contributed by atoms with van der Waals surface area (Å²) in [7, 11) is 1.46. The van der Waals surface area contributed by atoms with E-state index >= 15 is 0 Å². The minimum atomic E-state index is -4.46. The van der Waals surface area contributed by atoms with Crippen LogP contribution in [0.2, 0.25) is 0 Å². The second kappa shape index (κ2) is 58.1. The summed E-state index contributed by atoms with van der Waals surface area (Å²) in [5.74, 6) is -0.547. The van der Waals surface area contributed by atoms with Gasteiger partial charge >= 0.3 is 13.8 Å². The van der Waals surface area contributed by atoms with Crippen LogP contribution in [0.4, 0.5) is 0 Å². The minimum Gasteiger partial charge on any atom is -0.456 e. The maximum atomic E-state index is 13.5. The van der Waals surface area contributed by atoms with Crippen molar-refractivity contribution in [3.05, 3.63) is 97.2 Å². The zero-order valence-electron chi connectivity index (χ0n) is 52.1. The first-order valence-electron chi connectivity index (χ1n) is 32.6. The molecular weight excluding hydrogens is 1000 g/mol. The van der Waals surface area contributed by atoms with Crippen molar-refractivity contribution < 1.29 is 37.3 Å². The van der Waals surface area contributed by atoms with Gasteiger partial charge in [0.15, 0.2) is 0 Å². The van der Waals surface area contributed by atoms with Gasteiger partial charge in [0.1, 0.15) is 19.3 Å². The smallest absolute Gasteiger partial charge is 0.456 e. The molecule has 10 heteroatoms. The number of esters is 1. The number of hydrogen-bond acceptors (Lipinski definition) is 6. The highest BCUT2D eigenvalue weighted by atomic mass is 31.2. The van der Waals surface area contributed by atoms with Crippen LogP contribution < -0.4 is 5.32 Å². The normalized spacial score (nSPS) is 14.3. The summed E-state index contributed by atoms with van der Waals surface area (Å²) in [6.45, 7) is 6.93. The van der Waals surface area contributed by atoms with E-state index < -0.39 is 20.0 Å². The van der Waals surface area contributed by atoms with Crippen LogP contribution in [-0.4, -0.2) is 74.3 Å². The lowest BCUT2D eigenvalue weighted by Gasteiger charge is -2.27. The number of amides is 1. The Bertz CT molecular complexity index is 1670. The average Bonchev–Trinajstić information content (AvgIpc) is 3.41. The van der Waals surface area contributed by atoms with Gasteiger partial charge in [0.25, 0.3) is 0 Å². The van der Waals surface area contributed by atoms with Gasteiger partial charge in [-0.2, -0.15) is 0 Å². The molecule has 0 aromatic carbocycles. The van der Waals surface area contributed by atoms with E-state index in [0.717, 1.165) is 96.3 Å². The first-order valence-corrected chi connectivity index (χ1v) is 34.1. The number of rotatable bonds is 58. The molecule has 0 heterocycles. The molecule has 0 aromatic rings. The number of likely N-dealkylation sites (N-methyl/N-ethyl adjacent to an activating group) is 1. The molecule has 456 valence electrons. The SMILES string of the molecule is CCCCC/C=C\C/C=C\C/C=C\C/C=C\CCCCCC(=O)NC(COP(=O)(O)OCC[N+](C)(C)C)C(/C=C/CCCCCCCCCCC)OC(=O)CCCCCCCCCCCC/C=C\C/C=C\C/C=C\CCCCC. The first kappa shape index (κ1) is 75.9. The molecule has 0 fully saturated rings. The number of allylic oxidation sites excluding steroid dienone is 15. The van der Waals surface area contributed by atoms with E-state index in [9.17, 15) is 19.0 Å². The van der Waals surface area contributed by atoms with Crippen molar-refractivity contribution in [3.8, 4) is 0 Å². The molecule has 0 aliphatic carbocycles.